The lowest BCUT2D eigenvalue weighted by molar-refractivity contribution is -0.141. The average Bonchev–Trinajstić information content (AvgIpc) is 2.92. The summed E-state index contributed by atoms with van der Waals surface area (Å²) in [5.74, 6) is -0.764. The predicted molar refractivity (Wildman–Crippen MR) is 71.3 cm³/mol. The number of hydrogen-bond donors (Lipinski definition) is 2. The van der Waals surface area contributed by atoms with Gasteiger partial charge < -0.3 is 9.84 Å². The summed E-state index contributed by atoms with van der Waals surface area (Å²) in [4.78, 5) is 12.2. The van der Waals surface area contributed by atoms with E-state index in [1.54, 1.807) is 20.8 Å². The molecule has 2 N–H and O–H groups in total. The van der Waals surface area contributed by atoms with Crippen LogP contribution in [0.4, 0.5) is 19.0 Å². The Morgan fingerprint density at radius 2 is 1.95 bits per heavy atom. The van der Waals surface area contributed by atoms with Crippen molar-refractivity contribution in [3.63, 3.8) is 0 Å². The molecule has 1 amide bonds. The molecule has 0 saturated heterocycles. The zero-order valence-electron chi connectivity index (χ0n) is 12.4. The molecule has 0 radical (unpaired) electrons. The van der Waals surface area contributed by atoms with Gasteiger partial charge in [0, 0.05) is 11.1 Å². The Morgan fingerprint density at radius 3 is 2.41 bits per heavy atom. The van der Waals surface area contributed by atoms with E-state index in [0.29, 0.717) is 17.0 Å². The van der Waals surface area contributed by atoms with Gasteiger partial charge in [-0.05, 0) is 27.7 Å². The van der Waals surface area contributed by atoms with E-state index in [-0.39, 0.29) is 11.4 Å². The van der Waals surface area contributed by atoms with Crippen LogP contribution < -0.4 is 5.32 Å². The number of aromatic amines is 1. The first-order valence-electron chi connectivity index (χ1n) is 6.48. The lowest BCUT2D eigenvalue weighted by atomic mass is 9.98. The third kappa shape index (κ3) is 2.83. The van der Waals surface area contributed by atoms with Crippen molar-refractivity contribution in [2.75, 3.05) is 5.32 Å². The van der Waals surface area contributed by atoms with E-state index in [0.717, 1.165) is 0 Å². The van der Waals surface area contributed by atoms with Gasteiger partial charge in [-0.2, -0.15) is 18.3 Å². The number of hydrogen-bond acceptors (Lipinski definition) is 4. The second kappa shape index (κ2) is 5.47. The van der Waals surface area contributed by atoms with Crippen molar-refractivity contribution in [2.24, 2.45) is 0 Å². The molecule has 0 aliphatic rings. The number of aromatic nitrogens is 3. The van der Waals surface area contributed by atoms with Crippen molar-refractivity contribution in [3.8, 4) is 0 Å². The molecule has 0 aliphatic carbocycles. The Labute approximate surface area is 124 Å². The lowest BCUT2D eigenvalue weighted by Gasteiger charge is -2.11. The van der Waals surface area contributed by atoms with Crippen molar-refractivity contribution in [3.05, 3.63) is 28.3 Å². The van der Waals surface area contributed by atoms with Gasteiger partial charge in [-0.25, -0.2) is 0 Å². The number of amides is 1. The number of nitrogens with zero attached hydrogens (tertiary/aromatic N) is 2. The Morgan fingerprint density at radius 1 is 1.32 bits per heavy atom. The van der Waals surface area contributed by atoms with Crippen molar-refractivity contribution < 1.29 is 22.5 Å². The van der Waals surface area contributed by atoms with Gasteiger partial charge in [0.05, 0.1) is 11.6 Å². The highest BCUT2D eigenvalue weighted by Gasteiger charge is 2.36. The van der Waals surface area contributed by atoms with Gasteiger partial charge in [0.25, 0.3) is 0 Å². The Hall–Kier alpha value is -2.32. The summed E-state index contributed by atoms with van der Waals surface area (Å²) < 4.78 is 43.0. The van der Waals surface area contributed by atoms with Crippen LogP contribution in [0.15, 0.2) is 4.52 Å². The number of alkyl halides is 3. The summed E-state index contributed by atoms with van der Waals surface area (Å²) in [7, 11) is 0. The van der Waals surface area contributed by atoms with E-state index in [2.05, 4.69) is 15.6 Å². The molecule has 0 spiro atoms. The van der Waals surface area contributed by atoms with E-state index in [1.165, 1.54) is 6.92 Å². The van der Waals surface area contributed by atoms with Crippen LogP contribution >= 0.6 is 0 Å². The van der Waals surface area contributed by atoms with E-state index < -0.39 is 23.7 Å². The van der Waals surface area contributed by atoms with Gasteiger partial charge in [-0.15, -0.1) is 0 Å². The minimum Gasteiger partial charge on any atom is -0.361 e. The number of H-pyrrole nitrogens is 1. The van der Waals surface area contributed by atoms with Gasteiger partial charge in [0.1, 0.15) is 11.5 Å². The summed E-state index contributed by atoms with van der Waals surface area (Å²) in [6.07, 6.45) is -4.55. The van der Waals surface area contributed by atoms with Crippen LogP contribution in [0.1, 0.15) is 41.1 Å². The Kier molecular flexibility index (Phi) is 3.99. The normalized spacial score (nSPS) is 13.2. The lowest BCUT2D eigenvalue weighted by Crippen LogP contribution is -2.20. The quantitative estimate of drug-likeness (QED) is 0.911. The zero-order chi connectivity index (χ0) is 16.7. The van der Waals surface area contributed by atoms with Crippen molar-refractivity contribution in [2.45, 2.75) is 39.8 Å². The first-order valence-corrected chi connectivity index (χ1v) is 6.48. The topological polar surface area (TPSA) is 83.8 Å². The second-order valence-electron chi connectivity index (χ2n) is 5.02. The molecule has 0 unspecified atom stereocenters. The predicted octanol–water partition coefficient (Wildman–Crippen LogP) is 3.08. The fourth-order valence-electron chi connectivity index (χ4n) is 2.26. The summed E-state index contributed by atoms with van der Waals surface area (Å²) >= 11 is 0. The largest absolute Gasteiger partial charge is 0.433 e. The Balaban J connectivity index is 2.21. The molecule has 2 heterocycles. The van der Waals surface area contributed by atoms with E-state index in [4.69, 9.17) is 4.52 Å². The van der Waals surface area contributed by atoms with Crippen molar-refractivity contribution in [1.29, 1.82) is 0 Å². The van der Waals surface area contributed by atoms with E-state index >= 15 is 0 Å². The summed E-state index contributed by atoms with van der Waals surface area (Å²) in [5.41, 5.74) is 0.0382. The molecule has 0 fully saturated rings. The van der Waals surface area contributed by atoms with Crippen LogP contribution in [0.3, 0.4) is 0 Å². The first-order chi connectivity index (χ1) is 10.1. The highest BCUT2D eigenvalue weighted by atomic mass is 19.4. The standard InChI is InChI=1S/C13H15F3N4O2/c1-5(9-7(3)20-22-8(9)4)12(21)17-11-6(2)10(18-19-11)13(14,15)16/h5H,1-4H3,(H2,17,18,19,21)/t5-/m0/s1. The molecule has 120 valence electrons. The maximum Gasteiger partial charge on any atom is 0.433 e. The van der Waals surface area contributed by atoms with Gasteiger partial charge in [-0.1, -0.05) is 5.16 Å². The van der Waals surface area contributed by atoms with Crippen molar-refractivity contribution in [1.82, 2.24) is 15.4 Å². The molecule has 6 nitrogen and oxygen atoms in total. The molecular formula is C13H15F3N4O2. The smallest absolute Gasteiger partial charge is 0.361 e. The SMILES string of the molecule is Cc1noc(C)c1[C@H](C)C(=O)Nc1n[nH]c(C(F)(F)F)c1C. The summed E-state index contributed by atoms with van der Waals surface area (Å²) in [6.45, 7) is 6.22. The van der Waals surface area contributed by atoms with E-state index in [1.807, 2.05) is 5.10 Å². The minimum absolute atomic E-state index is 0.143. The van der Waals surface area contributed by atoms with Crippen LogP contribution in [0.2, 0.25) is 0 Å². The Bertz CT molecular complexity index is 683. The van der Waals surface area contributed by atoms with Crippen LogP contribution in [-0.2, 0) is 11.0 Å². The molecule has 2 aromatic heterocycles. The molecule has 0 saturated carbocycles. The average molecular weight is 316 g/mol. The highest BCUT2D eigenvalue weighted by Crippen LogP contribution is 2.33. The molecule has 0 aromatic carbocycles. The first kappa shape index (κ1) is 16.1. The maximum atomic E-state index is 12.7. The highest BCUT2D eigenvalue weighted by molar-refractivity contribution is 5.95. The third-order valence-electron chi connectivity index (χ3n) is 3.45. The molecule has 1 atom stereocenters. The molecule has 0 bridgehead atoms. The molecule has 2 rings (SSSR count). The second-order valence-corrected chi connectivity index (χ2v) is 5.02. The van der Waals surface area contributed by atoms with Gasteiger partial charge in [0.15, 0.2) is 5.82 Å². The number of carbonyl (C=O) groups is 1. The molecule has 0 aliphatic heterocycles. The summed E-state index contributed by atoms with van der Waals surface area (Å²) in [5, 5.41) is 11.6. The number of halogens is 3. The molecular weight excluding hydrogens is 301 g/mol. The van der Waals surface area contributed by atoms with Crippen molar-refractivity contribution >= 4 is 11.7 Å². The molecule has 9 heteroatoms. The number of anilines is 1. The fraction of sp³-hybridized carbons (Fsp3) is 0.462. The summed E-state index contributed by atoms with van der Waals surface area (Å²) in [6, 6.07) is 0. The molecule has 22 heavy (non-hydrogen) atoms. The van der Waals surface area contributed by atoms with Crippen LogP contribution in [0, 0.1) is 20.8 Å². The van der Waals surface area contributed by atoms with Gasteiger partial charge in [-0.3, -0.25) is 9.89 Å². The van der Waals surface area contributed by atoms with E-state index in [9.17, 15) is 18.0 Å². The number of aryl methyl sites for hydroxylation is 2. The molecule has 2 aromatic rings. The number of rotatable bonds is 3. The van der Waals surface area contributed by atoms with Crippen LogP contribution in [0.5, 0.6) is 0 Å². The monoisotopic (exact) mass is 316 g/mol. The number of carbonyl (C=O) groups excluding carboxylic acids is 1. The van der Waals surface area contributed by atoms with Gasteiger partial charge >= 0.3 is 6.18 Å². The van der Waals surface area contributed by atoms with Crippen LogP contribution in [0.25, 0.3) is 0 Å². The third-order valence-corrected chi connectivity index (χ3v) is 3.45. The minimum atomic E-state index is -4.55. The van der Waals surface area contributed by atoms with Crippen LogP contribution in [-0.4, -0.2) is 21.3 Å². The number of nitrogens with one attached hydrogen (secondary N) is 2. The van der Waals surface area contributed by atoms with Gasteiger partial charge in [0.2, 0.25) is 5.91 Å². The zero-order valence-corrected chi connectivity index (χ0v) is 12.4. The maximum absolute atomic E-state index is 12.7. The fourth-order valence-corrected chi connectivity index (χ4v) is 2.26.